The number of carbonyl (C=O) groups excluding carboxylic acids is 2. The number of rotatable bonds is 65. The molecule has 0 spiro atoms. The van der Waals surface area contributed by atoms with E-state index in [0.717, 1.165) is 64.2 Å². The number of nitrogens with zero attached hydrogens (tertiary/aromatic N) is 1. The van der Waals surface area contributed by atoms with Gasteiger partial charge in [-0.15, -0.1) is 0 Å². The number of nitrogens with one attached hydrogen (secondary N) is 1. The van der Waals surface area contributed by atoms with Gasteiger partial charge in [0.15, 0.2) is 0 Å². The summed E-state index contributed by atoms with van der Waals surface area (Å²) in [5.74, 6) is -0.492. The second-order valence-corrected chi connectivity index (χ2v) is 26.9. The van der Waals surface area contributed by atoms with Gasteiger partial charge in [-0.05, 0) is 83.1 Å². The second kappa shape index (κ2) is 61.3. The number of quaternary nitrogens is 1. The van der Waals surface area contributed by atoms with E-state index in [1.54, 1.807) is 0 Å². The molecule has 0 saturated carbocycles. The first-order valence-electron chi connectivity index (χ1n) is 35.3. The number of allylic oxidation sites excluding steroid dienone is 5. The molecule has 3 atom stereocenters. The van der Waals surface area contributed by atoms with Crippen molar-refractivity contribution in [2.24, 2.45) is 0 Å². The number of likely N-dealkylation sites (N-methyl/N-ethyl adjacent to an activating group) is 1. The summed E-state index contributed by atoms with van der Waals surface area (Å²) in [7, 11) is 1.51. The summed E-state index contributed by atoms with van der Waals surface area (Å²) in [4.78, 5) is 37.8. The Morgan fingerprint density at radius 1 is 0.420 bits per heavy atom. The summed E-state index contributed by atoms with van der Waals surface area (Å²) in [6.07, 6.45) is 75.9. The summed E-state index contributed by atoms with van der Waals surface area (Å²) in [6, 6.07) is -0.847. The van der Waals surface area contributed by atoms with Crippen LogP contribution in [-0.2, 0) is 27.9 Å². The molecule has 1 amide bonds. The molecular weight excluding hydrogens is 1020 g/mol. The molecule has 0 aliphatic carbocycles. The fourth-order valence-electron chi connectivity index (χ4n) is 10.6. The zero-order chi connectivity index (χ0) is 59.3. The highest BCUT2D eigenvalue weighted by Crippen LogP contribution is 2.43. The SMILES string of the molecule is CCCCCC/C=C\CCCCCCCCCC(=O)NC(COP(=O)(O)OCC[N+](C)(C)C)C(/C=C\CCCCCCCCCCCCC)OC(=O)CCCCCCCCCCCCCCCCCCC/C=C/CCCCCCCC. The minimum atomic E-state index is -4.45. The Bertz CT molecular complexity index is 1480. The standard InChI is InChI=1S/C71H137N2O7P/c1-7-10-13-16-19-22-25-28-30-31-32-33-34-35-36-37-38-39-40-41-43-46-49-52-55-58-61-64-71(75)80-69(62-59-56-53-50-47-44-27-24-21-18-15-12-9-3)68(67-79-81(76,77)78-66-65-73(4,5)6)72-70(74)63-60-57-54-51-48-45-42-29-26-23-20-17-14-11-8-2/h23,26,28,30,59,62,68-69H,7-22,24-25,27,29,31-58,60-61,63-67H2,1-6H3,(H-,72,74,76,77)/p+1/b26-23-,30-28+,62-59-. The lowest BCUT2D eigenvalue weighted by Gasteiger charge is -2.27. The summed E-state index contributed by atoms with van der Waals surface area (Å²) >= 11 is 0. The van der Waals surface area contributed by atoms with Crippen LogP contribution in [0.4, 0.5) is 0 Å². The van der Waals surface area contributed by atoms with Crippen molar-refractivity contribution in [1.82, 2.24) is 5.32 Å². The topological polar surface area (TPSA) is 111 Å². The average Bonchev–Trinajstić information content (AvgIpc) is 3.44. The fourth-order valence-corrected chi connectivity index (χ4v) is 11.3. The number of hydrogen-bond acceptors (Lipinski definition) is 6. The van der Waals surface area contributed by atoms with Crippen LogP contribution >= 0.6 is 7.82 Å². The zero-order valence-electron chi connectivity index (χ0n) is 54.8. The maximum absolute atomic E-state index is 13.6. The number of amides is 1. The molecule has 0 aliphatic heterocycles. The molecule has 0 bridgehead atoms. The Hall–Kier alpha value is -1.77. The van der Waals surface area contributed by atoms with E-state index >= 15 is 0 Å². The third-order valence-electron chi connectivity index (χ3n) is 16.1. The van der Waals surface area contributed by atoms with E-state index in [1.165, 1.54) is 257 Å². The van der Waals surface area contributed by atoms with Crippen molar-refractivity contribution in [2.75, 3.05) is 40.9 Å². The third-order valence-corrected chi connectivity index (χ3v) is 17.0. The largest absolute Gasteiger partial charge is 0.472 e. The quantitative estimate of drug-likeness (QED) is 0.0205. The van der Waals surface area contributed by atoms with E-state index in [4.69, 9.17) is 13.8 Å². The molecule has 2 N–H and O–H groups in total. The first-order chi connectivity index (χ1) is 39.4. The number of carbonyl (C=O) groups is 2. The van der Waals surface area contributed by atoms with Gasteiger partial charge in [-0.2, -0.15) is 0 Å². The van der Waals surface area contributed by atoms with Gasteiger partial charge < -0.3 is 19.4 Å². The highest BCUT2D eigenvalue weighted by atomic mass is 31.2. The van der Waals surface area contributed by atoms with Gasteiger partial charge in [0.2, 0.25) is 5.91 Å². The monoisotopic (exact) mass is 1160 g/mol. The summed E-state index contributed by atoms with van der Waals surface area (Å²) < 4.78 is 30.8. The minimum absolute atomic E-state index is 0.0420. The highest BCUT2D eigenvalue weighted by Gasteiger charge is 2.30. The molecule has 9 nitrogen and oxygen atoms in total. The second-order valence-electron chi connectivity index (χ2n) is 25.4. The molecule has 0 rings (SSSR count). The van der Waals surface area contributed by atoms with Gasteiger partial charge in [-0.1, -0.05) is 295 Å². The summed E-state index contributed by atoms with van der Waals surface area (Å²) in [5, 5.41) is 3.07. The predicted molar refractivity (Wildman–Crippen MR) is 351 cm³/mol. The number of unbranched alkanes of at least 4 members (excludes halogenated alkanes) is 45. The molecule has 3 unspecified atom stereocenters. The van der Waals surface area contributed by atoms with Gasteiger partial charge in [0, 0.05) is 12.8 Å². The van der Waals surface area contributed by atoms with Crippen LogP contribution < -0.4 is 5.32 Å². The molecule has 0 aromatic rings. The number of esters is 1. The molecule has 0 aromatic carbocycles. The van der Waals surface area contributed by atoms with Crippen LogP contribution in [0.25, 0.3) is 0 Å². The van der Waals surface area contributed by atoms with E-state index in [0.29, 0.717) is 23.9 Å². The van der Waals surface area contributed by atoms with Gasteiger partial charge in [-0.3, -0.25) is 18.6 Å². The van der Waals surface area contributed by atoms with Gasteiger partial charge in [0.25, 0.3) is 0 Å². The highest BCUT2D eigenvalue weighted by molar-refractivity contribution is 7.47. The maximum Gasteiger partial charge on any atom is 0.472 e. The summed E-state index contributed by atoms with van der Waals surface area (Å²) in [5.41, 5.74) is 0. The Kier molecular flexibility index (Phi) is 60.0. The van der Waals surface area contributed by atoms with Crippen molar-refractivity contribution < 1.29 is 37.3 Å². The lowest BCUT2D eigenvalue weighted by Crippen LogP contribution is -2.47. The van der Waals surface area contributed by atoms with E-state index < -0.39 is 20.0 Å². The van der Waals surface area contributed by atoms with Gasteiger partial charge in [-0.25, -0.2) is 4.57 Å². The molecule has 81 heavy (non-hydrogen) atoms. The van der Waals surface area contributed by atoms with Crippen LogP contribution in [0.1, 0.15) is 355 Å². The Balaban J connectivity index is 5.00. The van der Waals surface area contributed by atoms with Crippen LogP contribution in [-0.4, -0.2) is 74.3 Å². The van der Waals surface area contributed by atoms with Crippen molar-refractivity contribution in [3.63, 3.8) is 0 Å². The van der Waals surface area contributed by atoms with Crippen molar-refractivity contribution in [2.45, 2.75) is 367 Å². The number of ether oxygens (including phenoxy) is 1. The van der Waals surface area contributed by atoms with E-state index in [1.807, 2.05) is 33.3 Å². The Morgan fingerprint density at radius 3 is 1.06 bits per heavy atom. The predicted octanol–water partition coefficient (Wildman–Crippen LogP) is 22.2. The van der Waals surface area contributed by atoms with Crippen molar-refractivity contribution in [3.05, 3.63) is 36.5 Å². The fraction of sp³-hybridized carbons (Fsp3) is 0.887. The van der Waals surface area contributed by atoms with Crippen LogP contribution in [0.2, 0.25) is 0 Å². The molecule has 0 aromatic heterocycles. The van der Waals surface area contributed by atoms with E-state index in [-0.39, 0.29) is 25.1 Å². The molecular formula is C71H138N2O7P+. The molecule has 0 heterocycles. The first-order valence-corrected chi connectivity index (χ1v) is 36.8. The van der Waals surface area contributed by atoms with E-state index in [2.05, 4.69) is 50.4 Å². The normalized spacial score (nSPS) is 13.7. The van der Waals surface area contributed by atoms with Crippen molar-refractivity contribution >= 4 is 19.7 Å². The zero-order valence-corrected chi connectivity index (χ0v) is 55.7. The lowest BCUT2D eigenvalue weighted by molar-refractivity contribution is -0.870. The average molecular weight is 1160 g/mol. The maximum atomic E-state index is 13.6. The van der Waals surface area contributed by atoms with Crippen molar-refractivity contribution in [1.29, 1.82) is 0 Å². The van der Waals surface area contributed by atoms with Gasteiger partial charge in [0.1, 0.15) is 19.3 Å². The Morgan fingerprint density at radius 2 is 0.716 bits per heavy atom. The first kappa shape index (κ1) is 79.2. The van der Waals surface area contributed by atoms with Crippen LogP contribution in [0.15, 0.2) is 36.5 Å². The minimum Gasteiger partial charge on any atom is -0.456 e. The molecule has 0 saturated heterocycles. The van der Waals surface area contributed by atoms with E-state index in [9.17, 15) is 19.0 Å². The van der Waals surface area contributed by atoms with Crippen LogP contribution in [0, 0.1) is 0 Å². The molecule has 478 valence electrons. The lowest BCUT2D eigenvalue weighted by atomic mass is 10.0. The molecule has 0 fully saturated rings. The molecule has 10 heteroatoms. The smallest absolute Gasteiger partial charge is 0.456 e. The number of phosphoric acid groups is 1. The Labute approximate surface area is 504 Å². The van der Waals surface area contributed by atoms with Gasteiger partial charge in [0.05, 0.1) is 33.8 Å². The number of phosphoric ester groups is 1. The molecule has 0 radical (unpaired) electrons. The van der Waals surface area contributed by atoms with Crippen molar-refractivity contribution in [3.8, 4) is 0 Å². The van der Waals surface area contributed by atoms with Crippen LogP contribution in [0.5, 0.6) is 0 Å². The van der Waals surface area contributed by atoms with Gasteiger partial charge >= 0.3 is 13.8 Å². The molecule has 0 aliphatic rings. The number of hydrogen-bond donors (Lipinski definition) is 2. The van der Waals surface area contributed by atoms with Crippen LogP contribution in [0.3, 0.4) is 0 Å². The summed E-state index contributed by atoms with van der Waals surface area (Å²) in [6.45, 7) is 7.05. The third kappa shape index (κ3) is 62.6.